The van der Waals surface area contributed by atoms with Gasteiger partial charge in [0.15, 0.2) is 11.5 Å². The summed E-state index contributed by atoms with van der Waals surface area (Å²) >= 11 is 3.25. The van der Waals surface area contributed by atoms with Crippen molar-refractivity contribution in [2.45, 2.75) is 35.9 Å². The molecule has 1 unspecified atom stereocenters. The quantitative estimate of drug-likeness (QED) is 0.714. The standard InChI is InChI=1S/C19H20BrNO5S/c1-19(2,3)13-5-7-14(8-6-13)27(23,24)21-18(22)17(20)12-4-9-15-16(10-12)26-11-25-15/h4-10,17H,11H2,1-3H3,(H,21,22). The Kier molecular flexibility index (Phi) is 5.22. The molecule has 144 valence electrons. The first kappa shape index (κ1) is 19.7. The third-order valence-corrected chi connectivity index (χ3v) is 6.49. The summed E-state index contributed by atoms with van der Waals surface area (Å²) < 4.78 is 37.7. The fraction of sp³-hybridized carbons (Fsp3) is 0.316. The van der Waals surface area contributed by atoms with Crippen LogP contribution < -0.4 is 14.2 Å². The molecule has 8 heteroatoms. The van der Waals surface area contributed by atoms with Gasteiger partial charge in [-0.05, 0) is 40.8 Å². The Bertz CT molecular complexity index is 965. The van der Waals surface area contributed by atoms with Gasteiger partial charge in [-0.15, -0.1) is 0 Å². The van der Waals surface area contributed by atoms with Crippen LogP contribution in [-0.2, 0) is 20.2 Å². The highest BCUT2D eigenvalue weighted by Crippen LogP contribution is 2.36. The lowest BCUT2D eigenvalue weighted by Gasteiger charge is -2.19. The molecule has 0 spiro atoms. The first-order valence-electron chi connectivity index (χ1n) is 8.29. The Morgan fingerprint density at radius 1 is 1.07 bits per heavy atom. The summed E-state index contributed by atoms with van der Waals surface area (Å²) in [7, 11) is -3.97. The number of sulfonamides is 1. The minimum Gasteiger partial charge on any atom is -0.454 e. The van der Waals surface area contributed by atoms with E-state index in [9.17, 15) is 13.2 Å². The maximum atomic E-state index is 12.5. The van der Waals surface area contributed by atoms with Crippen molar-refractivity contribution in [3.8, 4) is 11.5 Å². The number of alkyl halides is 1. The molecule has 0 saturated heterocycles. The minimum atomic E-state index is -3.97. The van der Waals surface area contributed by atoms with E-state index in [4.69, 9.17) is 9.47 Å². The van der Waals surface area contributed by atoms with E-state index in [0.29, 0.717) is 17.1 Å². The SMILES string of the molecule is CC(C)(C)c1ccc(S(=O)(=O)NC(=O)C(Br)c2ccc3c(c2)OCO3)cc1. The van der Waals surface area contributed by atoms with E-state index in [1.54, 1.807) is 30.3 Å². The van der Waals surface area contributed by atoms with Crippen LogP contribution >= 0.6 is 15.9 Å². The van der Waals surface area contributed by atoms with Crippen LogP contribution in [0.3, 0.4) is 0 Å². The number of hydrogen-bond donors (Lipinski definition) is 1. The highest BCUT2D eigenvalue weighted by molar-refractivity contribution is 9.09. The van der Waals surface area contributed by atoms with Crippen molar-refractivity contribution in [3.05, 3.63) is 53.6 Å². The number of nitrogens with one attached hydrogen (secondary N) is 1. The highest BCUT2D eigenvalue weighted by atomic mass is 79.9. The normalized spacial score (nSPS) is 14.7. The van der Waals surface area contributed by atoms with E-state index < -0.39 is 20.8 Å². The van der Waals surface area contributed by atoms with E-state index in [1.165, 1.54) is 12.1 Å². The molecule has 1 heterocycles. The fourth-order valence-electron chi connectivity index (χ4n) is 2.60. The predicted molar refractivity (Wildman–Crippen MR) is 105 cm³/mol. The predicted octanol–water partition coefficient (Wildman–Crippen LogP) is 3.65. The second-order valence-electron chi connectivity index (χ2n) is 7.22. The third-order valence-electron chi connectivity index (χ3n) is 4.19. The molecule has 3 rings (SSSR count). The monoisotopic (exact) mass is 453 g/mol. The van der Waals surface area contributed by atoms with Crippen molar-refractivity contribution in [1.29, 1.82) is 0 Å². The fourth-order valence-corrected chi connectivity index (χ4v) is 4.15. The molecule has 0 aromatic heterocycles. The average molecular weight is 454 g/mol. The summed E-state index contributed by atoms with van der Waals surface area (Å²) in [6.07, 6.45) is 0. The number of amides is 1. The van der Waals surface area contributed by atoms with Crippen LogP contribution in [0.1, 0.15) is 36.7 Å². The summed E-state index contributed by atoms with van der Waals surface area (Å²) in [5.41, 5.74) is 1.48. The Morgan fingerprint density at radius 2 is 1.70 bits per heavy atom. The Hall–Kier alpha value is -2.06. The molecule has 0 aliphatic carbocycles. The van der Waals surface area contributed by atoms with Crippen molar-refractivity contribution in [2.24, 2.45) is 0 Å². The molecule has 0 bridgehead atoms. The number of carbonyl (C=O) groups excluding carboxylic acids is 1. The molecular formula is C19H20BrNO5S. The molecule has 1 aliphatic heterocycles. The number of halogens is 1. The molecular weight excluding hydrogens is 434 g/mol. The zero-order valence-electron chi connectivity index (χ0n) is 15.2. The maximum Gasteiger partial charge on any atom is 0.264 e. The summed E-state index contributed by atoms with van der Waals surface area (Å²) in [5.74, 6) is 0.421. The van der Waals surface area contributed by atoms with Crippen molar-refractivity contribution >= 4 is 31.9 Å². The Morgan fingerprint density at radius 3 is 2.33 bits per heavy atom. The van der Waals surface area contributed by atoms with Crippen molar-refractivity contribution in [1.82, 2.24) is 4.72 Å². The smallest absolute Gasteiger partial charge is 0.264 e. The van der Waals surface area contributed by atoms with Crippen LogP contribution in [0.5, 0.6) is 11.5 Å². The van der Waals surface area contributed by atoms with Crippen LogP contribution in [0.2, 0.25) is 0 Å². The van der Waals surface area contributed by atoms with Gasteiger partial charge < -0.3 is 9.47 Å². The van der Waals surface area contributed by atoms with E-state index in [1.807, 2.05) is 20.8 Å². The van der Waals surface area contributed by atoms with E-state index in [-0.39, 0.29) is 17.1 Å². The third kappa shape index (κ3) is 4.27. The van der Waals surface area contributed by atoms with Crippen LogP contribution in [0, 0.1) is 0 Å². The summed E-state index contributed by atoms with van der Waals surface area (Å²) in [4.78, 5) is 11.6. The lowest BCUT2D eigenvalue weighted by molar-refractivity contribution is -0.118. The second kappa shape index (κ2) is 7.16. The minimum absolute atomic E-state index is 0.0363. The topological polar surface area (TPSA) is 81.7 Å². The number of ether oxygens (including phenoxy) is 2. The zero-order chi connectivity index (χ0) is 19.8. The molecule has 0 fully saturated rings. The van der Waals surface area contributed by atoms with Gasteiger partial charge in [0.1, 0.15) is 4.83 Å². The van der Waals surface area contributed by atoms with Gasteiger partial charge in [0.25, 0.3) is 15.9 Å². The van der Waals surface area contributed by atoms with Gasteiger partial charge in [-0.3, -0.25) is 4.79 Å². The number of carbonyl (C=O) groups is 1. The number of fused-ring (bicyclic) bond motifs is 1. The van der Waals surface area contributed by atoms with Gasteiger partial charge in [0.2, 0.25) is 6.79 Å². The summed E-state index contributed by atoms with van der Waals surface area (Å²) in [6, 6.07) is 11.5. The van der Waals surface area contributed by atoms with Gasteiger partial charge in [0.05, 0.1) is 4.90 Å². The van der Waals surface area contributed by atoms with Gasteiger partial charge in [-0.2, -0.15) is 0 Å². The van der Waals surface area contributed by atoms with Crippen LogP contribution in [0.25, 0.3) is 0 Å². The molecule has 1 amide bonds. The Labute approximate surface area is 167 Å². The van der Waals surface area contributed by atoms with Crippen molar-refractivity contribution in [2.75, 3.05) is 6.79 Å². The molecule has 6 nitrogen and oxygen atoms in total. The molecule has 0 radical (unpaired) electrons. The van der Waals surface area contributed by atoms with Crippen molar-refractivity contribution in [3.63, 3.8) is 0 Å². The van der Waals surface area contributed by atoms with E-state index in [0.717, 1.165) is 5.56 Å². The second-order valence-corrected chi connectivity index (χ2v) is 9.82. The Balaban J connectivity index is 1.76. The molecule has 1 aliphatic rings. The lowest BCUT2D eigenvalue weighted by Crippen LogP contribution is -2.33. The first-order chi connectivity index (χ1) is 12.6. The van der Waals surface area contributed by atoms with Crippen LogP contribution in [0.15, 0.2) is 47.4 Å². The molecule has 2 aromatic carbocycles. The molecule has 27 heavy (non-hydrogen) atoms. The van der Waals surface area contributed by atoms with E-state index >= 15 is 0 Å². The van der Waals surface area contributed by atoms with Gasteiger partial charge in [-0.1, -0.05) is 54.9 Å². The van der Waals surface area contributed by atoms with Gasteiger partial charge in [-0.25, -0.2) is 13.1 Å². The lowest BCUT2D eigenvalue weighted by atomic mass is 9.87. The number of benzene rings is 2. The summed E-state index contributed by atoms with van der Waals surface area (Å²) in [5, 5.41) is 0. The van der Waals surface area contributed by atoms with E-state index in [2.05, 4.69) is 20.7 Å². The van der Waals surface area contributed by atoms with Crippen LogP contribution in [0.4, 0.5) is 0 Å². The largest absolute Gasteiger partial charge is 0.454 e. The van der Waals surface area contributed by atoms with Gasteiger partial charge in [0, 0.05) is 0 Å². The molecule has 2 aromatic rings. The van der Waals surface area contributed by atoms with Crippen molar-refractivity contribution < 1.29 is 22.7 Å². The average Bonchev–Trinajstić information content (AvgIpc) is 3.07. The first-order valence-corrected chi connectivity index (χ1v) is 10.7. The summed E-state index contributed by atoms with van der Waals surface area (Å²) in [6.45, 7) is 6.24. The number of rotatable bonds is 4. The zero-order valence-corrected chi connectivity index (χ0v) is 17.6. The maximum absolute atomic E-state index is 12.5. The molecule has 0 saturated carbocycles. The van der Waals surface area contributed by atoms with Gasteiger partial charge >= 0.3 is 0 Å². The highest BCUT2D eigenvalue weighted by Gasteiger charge is 2.26. The van der Waals surface area contributed by atoms with Crippen LogP contribution in [-0.4, -0.2) is 21.1 Å². The number of hydrogen-bond acceptors (Lipinski definition) is 5. The molecule has 1 N–H and O–H groups in total. The molecule has 1 atom stereocenters.